The number of nitrogens with one attached hydrogen (secondary N) is 1. The van der Waals surface area contributed by atoms with Crippen molar-refractivity contribution in [3.63, 3.8) is 0 Å². The lowest BCUT2D eigenvalue weighted by molar-refractivity contribution is 0.0919. The van der Waals surface area contributed by atoms with Gasteiger partial charge in [0.2, 0.25) is 0 Å². The summed E-state index contributed by atoms with van der Waals surface area (Å²) in [5, 5.41) is 12.7. The maximum Gasteiger partial charge on any atom is 0.407 e. The minimum Gasteiger partial charge on any atom is -0.465 e. The normalized spacial score (nSPS) is 18.0. The summed E-state index contributed by atoms with van der Waals surface area (Å²) in [6.07, 6.45) is 1.00. The molecular weight excluding hydrogens is 460 g/mol. The number of pyridine rings is 1. The number of hydrogen-bond donors (Lipinski definition) is 3. The van der Waals surface area contributed by atoms with E-state index >= 15 is 0 Å². The van der Waals surface area contributed by atoms with Gasteiger partial charge in [0, 0.05) is 17.2 Å². The fourth-order valence-corrected chi connectivity index (χ4v) is 4.31. The summed E-state index contributed by atoms with van der Waals surface area (Å²) in [6.45, 7) is 0.326. The summed E-state index contributed by atoms with van der Waals surface area (Å²) in [5.41, 5.74) is 8.98. The van der Waals surface area contributed by atoms with Gasteiger partial charge >= 0.3 is 6.09 Å². The van der Waals surface area contributed by atoms with E-state index in [1.165, 1.54) is 11.1 Å². The second kappa shape index (κ2) is 8.77. The molecule has 1 aliphatic heterocycles. The molecule has 0 aliphatic carbocycles. The first-order chi connectivity index (χ1) is 14.9. The lowest BCUT2D eigenvalue weighted by atomic mass is 9.95. The SMILES string of the molecule is Nc1ncc(Br)cc1C(=O)NC1CCN(C(=O)O)C1c1cccc(-c2ccccc2)c1. The molecule has 0 saturated carbocycles. The molecule has 4 rings (SSSR count). The largest absolute Gasteiger partial charge is 0.465 e. The third-order valence-electron chi connectivity index (χ3n) is 5.43. The number of amides is 2. The van der Waals surface area contributed by atoms with E-state index < -0.39 is 18.2 Å². The summed E-state index contributed by atoms with van der Waals surface area (Å²) in [7, 11) is 0. The fraction of sp³-hybridized carbons (Fsp3) is 0.174. The first-order valence-electron chi connectivity index (χ1n) is 9.81. The summed E-state index contributed by atoms with van der Waals surface area (Å²) in [4.78, 5) is 30.2. The maximum absolute atomic E-state index is 12.9. The van der Waals surface area contributed by atoms with E-state index in [0.717, 1.165) is 16.7 Å². The van der Waals surface area contributed by atoms with Crippen molar-refractivity contribution in [2.75, 3.05) is 12.3 Å². The van der Waals surface area contributed by atoms with E-state index in [1.807, 2.05) is 54.6 Å². The summed E-state index contributed by atoms with van der Waals surface area (Å²) < 4.78 is 0.637. The zero-order valence-corrected chi connectivity index (χ0v) is 18.1. The van der Waals surface area contributed by atoms with Gasteiger partial charge in [0.15, 0.2) is 0 Å². The van der Waals surface area contributed by atoms with Crippen molar-refractivity contribution in [2.45, 2.75) is 18.5 Å². The topological polar surface area (TPSA) is 109 Å². The predicted molar refractivity (Wildman–Crippen MR) is 122 cm³/mol. The molecule has 2 amide bonds. The number of likely N-dealkylation sites (tertiary alicyclic amines) is 1. The molecule has 1 aromatic heterocycles. The van der Waals surface area contributed by atoms with E-state index in [-0.39, 0.29) is 17.3 Å². The molecule has 0 bridgehead atoms. The van der Waals surface area contributed by atoms with Crippen molar-refractivity contribution in [2.24, 2.45) is 0 Å². The van der Waals surface area contributed by atoms with Crippen LogP contribution in [0.1, 0.15) is 28.4 Å². The van der Waals surface area contributed by atoms with Crippen LogP contribution < -0.4 is 11.1 Å². The second-order valence-corrected chi connectivity index (χ2v) is 8.28. The summed E-state index contributed by atoms with van der Waals surface area (Å²) in [6, 6.07) is 18.3. The minimum atomic E-state index is -1.02. The van der Waals surface area contributed by atoms with Gasteiger partial charge in [-0.2, -0.15) is 0 Å². The van der Waals surface area contributed by atoms with E-state index in [4.69, 9.17) is 5.73 Å². The molecule has 8 heteroatoms. The molecule has 2 heterocycles. The average molecular weight is 481 g/mol. The Balaban J connectivity index is 1.65. The van der Waals surface area contributed by atoms with Crippen LogP contribution in [0.3, 0.4) is 0 Å². The number of benzene rings is 2. The summed E-state index contributed by atoms with van der Waals surface area (Å²) in [5.74, 6) is -0.260. The minimum absolute atomic E-state index is 0.122. The Kier molecular flexibility index (Phi) is 5.90. The van der Waals surface area contributed by atoms with Gasteiger partial charge in [-0.3, -0.25) is 9.69 Å². The number of aromatic nitrogens is 1. The number of carboxylic acid groups (broad SMARTS) is 1. The molecular formula is C23H21BrN4O3. The van der Waals surface area contributed by atoms with E-state index in [2.05, 4.69) is 26.2 Å². The number of hydrogen-bond acceptors (Lipinski definition) is 4. The van der Waals surface area contributed by atoms with Gasteiger partial charge in [-0.25, -0.2) is 9.78 Å². The lowest BCUT2D eigenvalue weighted by Crippen LogP contribution is -2.41. The van der Waals surface area contributed by atoms with Crippen molar-refractivity contribution >= 4 is 33.7 Å². The van der Waals surface area contributed by atoms with Gasteiger partial charge in [-0.05, 0) is 51.2 Å². The standard InChI is InChI=1S/C23H21BrN4O3/c24-17-12-18(21(25)26-13-17)22(29)27-19-9-10-28(23(30)31)20(19)16-8-4-7-15(11-16)14-5-2-1-3-6-14/h1-8,11-13,19-20H,9-10H2,(H2,25,26)(H,27,29)(H,30,31). The molecule has 0 radical (unpaired) electrons. The molecule has 31 heavy (non-hydrogen) atoms. The number of carbonyl (C=O) groups excluding carboxylic acids is 1. The Labute approximate surface area is 188 Å². The van der Waals surface area contributed by atoms with Gasteiger partial charge in [0.05, 0.1) is 17.6 Å². The highest BCUT2D eigenvalue weighted by Crippen LogP contribution is 2.35. The van der Waals surface area contributed by atoms with Crippen LogP contribution in [-0.2, 0) is 0 Å². The van der Waals surface area contributed by atoms with Crippen molar-refractivity contribution in [1.82, 2.24) is 15.2 Å². The first kappa shape index (κ1) is 20.9. The molecule has 4 N–H and O–H groups in total. The van der Waals surface area contributed by atoms with Crippen molar-refractivity contribution < 1.29 is 14.7 Å². The lowest BCUT2D eigenvalue weighted by Gasteiger charge is -2.27. The smallest absolute Gasteiger partial charge is 0.407 e. The van der Waals surface area contributed by atoms with E-state index in [0.29, 0.717) is 17.4 Å². The molecule has 1 aliphatic rings. The van der Waals surface area contributed by atoms with Gasteiger partial charge in [-0.15, -0.1) is 0 Å². The fourth-order valence-electron chi connectivity index (χ4n) is 3.98. The van der Waals surface area contributed by atoms with Crippen molar-refractivity contribution in [3.05, 3.63) is 82.5 Å². The highest BCUT2D eigenvalue weighted by Gasteiger charge is 2.39. The molecule has 0 spiro atoms. The van der Waals surface area contributed by atoms with Crippen molar-refractivity contribution in [1.29, 1.82) is 0 Å². The Morgan fingerprint density at radius 3 is 2.58 bits per heavy atom. The quantitative estimate of drug-likeness (QED) is 0.515. The third-order valence-corrected chi connectivity index (χ3v) is 5.86. The number of nitrogen functional groups attached to an aromatic ring is 1. The van der Waals surface area contributed by atoms with Crippen LogP contribution in [0, 0.1) is 0 Å². The van der Waals surface area contributed by atoms with Crippen LogP contribution in [0.5, 0.6) is 0 Å². The average Bonchev–Trinajstić information content (AvgIpc) is 3.20. The molecule has 2 unspecified atom stereocenters. The first-order valence-corrected chi connectivity index (χ1v) is 10.6. The number of nitrogens with two attached hydrogens (primary N) is 1. The number of halogens is 1. The van der Waals surface area contributed by atoms with Gasteiger partial charge < -0.3 is 16.2 Å². The van der Waals surface area contributed by atoms with Gasteiger partial charge in [-0.1, -0.05) is 48.5 Å². The number of anilines is 1. The van der Waals surface area contributed by atoms with Crippen LogP contribution in [0.15, 0.2) is 71.3 Å². The van der Waals surface area contributed by atoms with Crippen LogP contribution >= 0.6 is 15.9 Å². The highest BCUT2D eigenvalue weighted by molar-refractivity contribution is 9.10. The summed E-state index contributed by atoms with van der Waals surface area (Å²) >= 11 is 3.30. The van der Waals surface area contributed by atoms with Crippen LogP contribution in [-0.4, -0.2) is 39.6 Å². The van der Waals surface area contributed by atoms with E-state index in [9.17, 15) is 14.7 Å². The zero-order valence-electron chi connectivity index (χ0n) is 16.5. The Morgan fingerprint density at radius 1 is 1.10 bits per heavy atom. The molecule has 7 nitrogen and oxygen atoms in total. The highest BCUT2D eigenvalue weighted by atomic mass is 79.9. The van der Waals surface area contributed by atoms with E-state index in [1.54, 1.807) is 6.07 Å². The number of nitrogens with zero attached hydrogens (tertiary/aromatic N) is 2. The molecule has 158 valence electrons. The monoisotopic (exact) mass is 480 g/mol. The third kappa shape index (κ3) is 4.39. The van der Waals surface area contributed by atoms with Crippen LogP contribution in [0.25, 0.3) is 11.1 Å². The number of carbonyl (C=O) groups is 2. The predicted octanol–water partition coefficient (Wildman–Crippen LogP) is 4.32. The molecule has 2 atom stereocenters. The van der Waals surface area contributed by atoms with Crippen LogP contribution in [0.2, 0.25) is 0 Å². The Bertz CT molecular complexity index is 1120. The maximum atomic E-state index is 12.9. The molecule has 3 aromatic rings. The van der Waals surface area contributed by atoms with Gasteiger partial charge in [0.25, 0.3) is 5.91 Å². The van der Waals surface area contributed by atoms with Crippen molar-refractivity contribution in [3.8, 4) is 11.1 Å². The molecule has 2 aromatic carbocycles. The Hall–Kier alpha value is -3.39. The van der Waals surface area contributed by atoms with Gasteiger partial charge in [0.1, 0.15) is 5.82 Å². The Morgan fingerprint density at radius 2 is 1.84 bits per heavy atom. The second-order valence-electron chi connectivity index (χ2n) is 7.37. The number of rotatable bonds is 4. The van der Waals surface area contributed by atoms with Crippen LogP contribution in [0.4, 0.5) is 10.6 Å². The zero-order chi connectivity index (χ0) is 22.0. The molecule has 1 fully saturated rings. The molecule has 1 saturated heterocycles.